The quantitative estimate of drug-likeness (QED) is 0.364. The van der Waals surface area contributed by atoms with E-state index in [-0.39, 0.29) is 17.0 Å². The van der Waals surface area contributed by atoms with Gasteiger partial charge in [-0.15, -0.1) is 0 Å². The number of nitrogens with one attached hydrogen (secondary N) is 1. The number of carbonyl (C=O) groups is 1. The van der Waals surface area contributed by atoms with Crippen LogP contribution in [0.2, 0.25) is 0 Å². The van der Waals surface area contributed by atoms with Crippen molar-refractivity contribution in [1.29, 1.82) is 0 Å². The lowest BCUT2D eigenvalue weighted by Gasteiger charge is -2.24. The summed E-state index contributed by atoms with van der Waals surface area (Å²) >= 11 is 0. The SMILES string of the molecule is [C-]#[N+]c1c2c3c(c(Nc4ccc(CCC)cc4)ccc3n(C)c1=O)C(=O)c1ccccc1-2. The third-order valence-corrected chi connectivity index (χ3v) is 6.09. The lowest BCUT2D eigenvalue weighted by atomic mass is 9.82. The molecule has 0 fully saturated rings. The maximum atomic E-state index is 13.6. The van der Waals surface area contributed by atoms with Crippen LogP contribution in [-0.4, -0.2) is 10.4 Å². The number of anilines is 2. The Morgan fingerprint density at radius 1 is 0.938 bits per heavy atom. The number of pyridine rings is 1. The van der Waals surface area contributed by atoms with E-state index in [1.54, 1.807) is 19.2 Å². The predicted molar refractivity (Wildman–Crippen MR) is 128 cm³/mol. The van der Waals surface area contributed by atoms with Gasteiger partial charge in [-0.05, 0) is 41.8 Å². The molecule has 0 amide bonds. The van der Waals surface area contributed by atoms with E-state index in [1.165, 1.54) is 10.1 Å². The predicted octanol–water partition coefficient (Wildman–Crippen LogP) is 6.00. The lowest BCUT2D eigenvalue weighted by molar-refractivity contribution is 0.104. The second-order valence-electron chi connectivity index (χ2n) is 8.03. The molecule has 0 radical (unpaired) electrons. The molecule has 0 saturated heterocycles. The maximum absolute atomic E-state index is 13.6. The van der Waals surface area contributed by atoms with Crippen molar-refractivity contribution in [2.75, 3.05) is 5.32 Å². The molecule has 3 aromatic carbocycles. The average molecular weight is 419 g/mol. The van der Waals surface area contributed by atoms with Gasteiger partial charge in [-0.25, -0.2) is 4.85 Å². The van der Waals surface area contributed by atoms with Crippen molar-refractivity contribution in [3.8, 4) is 11.1 Å². The third kappa shape index (κ3) is 2.84. The van der Waals surface area contributed by atoms with Crippen LogP contribution >= 0.6 is 0 Å². The summed E-state index contributed by atoms with van der Waals surface area (Å²) in [6, 6.07) is 19.1. The van der Waals surface area contributed by atoms with Crippen LogP contribution in [-0.2, 0) is 13.5 Å². The number of aromatic nitrogens is 1. The van der Waals surface area contributed by atoms with Crippen molar-refractivity contribution in [2.24, 2.45) is 7.05 Å². The summed E-state index contributed by atoms with van der Waals surface area (Å²) in [4.78, 5) is 30.1. The maximum Gasteiger partial charge on any atom is 0.258 e. The molecule has 0 bridgehead atoms. The second kappa shape index (κ2) is 7.51. The van der Waals surface area contributed by atoms with E-state index in [9.17, 15) is 9.59 Å². The van der Waals surface area contributed by atoms with Crippen LogP contribution in [0.5, 0.6) is 0 Å². The molecule has 32 heavy (non-hydrogen) atoms. The van der Waals surface area contributed by atoms with E-state index < -0.39 is 0 Å². The van der Waals surface area contributed by atoms with Crippen molar-refractivity contribution in [3.05, 3.63) is 99.1 Å². The normalized spacial score (nSPS) is 11.8. The van der Waals surface area contributed by atoms with Gasteiger partial charge in [-0.2, -0.15) is 0 Å². The van der Waals surface area contributed by atoms with Crippen molar-refractivity contribution in [3.63, 3.8) is 0 Å². The summed E-state index contributed by atoms with van der Waals surface area (Å²) in [5.74, 6) is -0.113. The highest BCUT2D eigenvalue weighted by molar-refractivity contribution is 6.29. The smallest absolute Gasteiger partial charge is 0.258 e. The van der Waals surface area contributed by atoms with Crippen molar-refractivity contribution in [2.45, 2.75) is 19.8 Å². The fraction of sp³-hybridized carbons (Fsp3) is 0.148. The monoisotopic (exact) mass is 419 g/mol. The number of ketones is 1. The van der Waals surface area contributed by atoms with Gasteiger partial charge in [-0.1, -0.05) is 49.7 Å². The second-order valence-corrected chi connectivity index (χ2v) is 8.03. The summed E-state index contributed by atoms with van der Waals surface area (Å²) in [6.07, 6.45) is 2.11. The highest BCUT2D eigenvalue weighted by Crippen LogP contribution is 2.45. The minimum Gasteiger partial charge on any atom is -0.355 e. The summed E-state index contributed by atoms with van der Waals surface area (Å²) in [5, 5.41) is 4.04. The van der Waals surface area contributed by atoms with Crippen molar-refractivity contribution >= 4 is 33.7 Å². The number of fused-ring (bicyclic) bond motifs is 2. The Hall–Kier alpha value is -4.17. The molecule has 1 heterocycles. The Bertz CT molecular complexity index is 1510. The van der Waals surface area contributed by atoms with E-state index in [4.69, 9.17) is 6.57 Å². The first-order valence-electron chi connectivity index (χ1n) is 10.6. The van der Waals surface area contributed by atoms with Crippen LogP contribution in [0.25, 0.3) is 26.9 Å². The number of hydrogen-bond donors (Lipinski definition) is 1. The Labute approximate surface area is 185 Å². The van der Waals surface area contributed by atoms with Gasteiger partial charge >= 0.3 is 0 Å². The van der Waals surface area contributed by atoms with Crippen LogP contribution in [0.15, 0.2) is 65.5 Å². The molecular weight excluding hydrogens is 398 g/mol. The molecule has 4 aromatic rings. The van der Waals surface area contributed by atoms with Gasteiger partial charge in [0.05, 0.1) is 17.8 Å². The minimum atomic E-state index is -0.357. The molecule has 0 aliphatic heterocycles. The van der Waals surface area contributed by atoms with Gasteiger partial charge in [0.2, 0.25) is 0 Å². The van der Waals surface area contributed by atoms with Gasteiger partial charge in [0.15, 0.2) is 5.78 Å². The lowest BCUT2D eigenvalue weighted by Crippen LogP contribution is -2.21. The number of hydrogen-bond acceptors (Lipinski definition) is 3. The van der Waals surface area contributed by atoms with E-state index >= 15 is 0 Å². The molecule has 156 valence electrons. The van der Waals surface area contributed by atoms with E-state index in [2.05, 4.69) is 29.2 Å². The molecule has 1 aliphatic carbocycles. The number of carbonyl (C=O) groups excluding carboxylic acids is 1. The molecular formula is C27H21N3O2. The standard InChI is InChI=1S/C27H21N3O2/c1-4-7-16-10-12-17(13-11-16)29-20-14-15-21-24-22(25(28-2)27(32)30(21)3)18-8-5-6-9-19(18)26(31)23(20)24/h5-6,8-15,29H,4,7H2,1,3H3. The Kier molecular flexibility index (Phi) is 4.64. The van der Waals surface area contributed by atoms with Gasteiger partial charge < -0.3 is 9.88 Å². The zero-order valence-electron chi connectivity index (χ0n) is 17.9. The highest BCUT2D eigenvalue weighted by atomic mass is 16.1. The molecule has 0 saturated carbocycles. The largest absolute Gasteiger partial charge is 0.355 e. The van der Waals surface area contributed by atoms with Gasteiger partial charge in [0.25, 0.3) is 11.2 Å². The topological polar surface area (TPSA) is 55.5 Å². The van der Waals surface area contributed by atoms with Crippen LogP contribution < -0.4 is 10.9 Å². The summed E-state index contributed by atoms with van der Waals surface area (Å²) in [5.41, 5.74) is 5.32. The van der Waals surface area contributed by atoms with Gasteiger partial charge in [0, 0.05) is 34.8 Å². The fourth-order valence-electron chi connectivity index (χ4n) is 4.56. The molecule has 5 rings (SSSR count). The van der Waals surface area contributed by atoms with Crippen LogP contribution in [0.1, 0.15) is 34.8 Å². The molecule has 1 N–H and O–H groups in total. The van der Waals surface area contributed by atoms with Crippen LogP contribution in [0, 0.1) is 6.57 Å². The molecule has 5 heteroatoms. The van der Waals surface area contributed by atoms with E-state index in [0.717, 1.165) is 18.5 Å². The van der Waals surface area contributed by atoms with E-state index in [1.807, 2.05) is 36.4 Å². The molecule has 1 aliphatic rings. The zero-order valence-corrected chi connectivity index (χ0v) is 17.9. The fourth-order valence-corrected chi connectivity index (χ4v) is 4.56. The van der Waals surface area contributed by atoms with Crippen LogP contribution in [0.4, 0.5) is 17.1 Å². The van der Waals surface area contributed by atoms with Crippen molar-refractivity contribution < 1.29 is 4.79 Å². The number of nitrogens with zero attached hydrogens (tertiary/aromatic N) is 2. The molecule has 0 spiro atoms. The summed E-state index contributed by atoms with van der Waals surface area (Å²) in [7, 11) is 1.64. The number of aryl methyl sites for hydroxylation is 2. The first kappa shape index (κ1) is 19.8. The van der Waals surface area contributed by atoms with Gasteiger partial charge in [-0.3, -0.25) is 9.59 Å². The van der Waals surface area contributed by atoms with E-state index in [0.29, 0.717) is 38.8 Å². The minimum absolute atomic E-state index is 0.0438. The van der Waals surface area contributed by atoms with Crippen LogP contribution in [0.3, 0.4) is 0 Å². The first-order valence-corrected chi connectivity index (χ1v) is 10.6. The van der Waals surface area contributed by atoms with Crippen molar-refractivity contribution in [1.82, 2.24) is 4.57 Å². The van der Waals surface area contributed by atoms with Gasteiger partial charge in [0.1, 0.15) is 0 Å². The Balaban J connectivity index is 1.80. The Morgan fingerprint density at radius 3 is 2.34 bits per heavy atom. The third-order valence-electron chi connectivity index (χ3n) is 6.09. The first-order chi connectivity index (χ1) is 15.5. The zero-order chi connectivity index (χ0) is 22.4. The number of rotatable bonds is 4. The Morgan fingerprint density at radius 2 is 1.66 bits per heavy atom. The highest BCUT2D eigenvalue weighted by Gasteiger charge is 2.31. The molecule has 1 aromatic heterocycles. The number of benzene rings is 3. The summed E-state index contributed by atoms with van der Waals surface area (Å²) in [6.45, 7) is 9.84. The molecule has 0 unspecified atom stereocenters. The average Bonchev–Trinajstić information content (AvgIpc) is 2.81. The molecule has 0 atom stereocenters. The molecule has 5 nitrogen and oxygen atoms in total. The summed E-state index contributed by atoms with van der Waals surface area (Å²) < 4.78 is 1.46.